The first-order chi connectivity index (χ1) is 13.0. The standard InChI is InChI=1S/C23H28FNO2.ClH/c1-16-21(15-18-10-12-20(24)13-11-18)19(14-17-6-3-2-4-7-17)8-5-9-22(25)23(26)27-16;/h2-4,6-7,10-13,16,19,21-22H,5,8-9,14-15,25H2,1H3;1H/t16-,19+,21-,22-;/m0./s1. The minimum Gasteiger partial charge on any atom is -0.461 e. The van der Waals surface area contributed by atoms with Gasteiger partial charge >= 0.3 is 5.97 Å². The van der Waals surface area contributed by atoms with Gasteiger partial charge in [0.2, 0.25) is 0 Å². The van der Waals surface area contributed by atoms with Gasteiger partial charge in [-0.05, 0) is 61.8 Å². The monoisotopic (exact) mass is 405 g/mol. The van der Waals surface area contributed by atoms with Crippen LogP contribution in [0.25, 0.3) is 0 Å². The number of esters is 1. The van der Waals surface area contributed by atoms with Crippen molar-refractivity contribution in [1.29, 1.82) is 0 Å². The van der Waals surface area contributed by atoms with Gasteiger partial charge < -0.3 is 10.5 Å². The molecule has 5 heteroatoms. The van der Waals surface area contributed by atoms with E-state index in [4.69, 9.17) is 10.5 Å². The third-order valence-electron chi connectivity index (χ3n) is 5.63. The normalized spacial score (nSPS) is 25.6. The lowest BCUT2D eigenvalue weighted by Crippen LogP contribution is -2.37. The molecule has 152 valence electrons. The fourth-order valence-electron chi connectivity index (χ4n) is 4.07. The molecule has 1 saturated heterocycles. The molecule has 2 N–H and O–H groups in total. The van der Waals surface area contributed by atoms with Crippen molar-refractivity contribution < 1.29 is 13.9 Å². The average molecular weight is 406 g/mol. The molecule has 28 heavy (non-hydrogen) atoms. The minimum absolute atomic E-state index is 0. The van der Waals surface area contributed by atoms with Crippen LogP contribution >= 0.6 is 12.4 Å². The smallest absolute Gasteiger partial charge is 0.323 e. The Morgan fingerprint density at radius 3 is 2.32 bits per heavy atom. The van der Waals surface area contributed by atoms with Gasteiger partial charge in [-0.3, -0.25) is 4.79 Å². The molecule has 1 fully saturated rings. The molecule has 0 aliphatic carbocycles. The Labute approximate surface area is 172 Å². The maximum absolute atomic E-state index is 13.3. The lowest BCUT2D eigenvalue weighted by Gasteiger charge is -2.31. The molecule has 0 aromatic heterocycles. The van der Waals surface area contributed by atoms with Gasteiger partial charge in [-0.15, -0.1) is 12.4 Å². The lowest BCUT2D eigenvalue weighted by molar-refractivity contribution is -0.153. The summed E-state index contributed by atoms with van der Waals surface area (Å²) in [5, 5.41) is 0. The number of nitrogens with two attached hydrogens (primary N) is 1. The van der Waals surface area contributed by atoms with E-state index in [1.807, 2.05) is 25.1 Å². The number of carbonyl (C=O) groups excluding carboxylic acids is 1. The van der Waals surface area contributed by atoms with Crippen LogP contribution in [0.5, 0.6) is 0 Å². The molecule has 0 unspecified atom stereocenters. The molecule has 2 aromatic rings. The number of halogens is 2. The Bertz CT molecular complexity index is 738. The number of hydrogen-bond acceptors (Lipinski definition) is 3. The van der Waals surface area contributed by atoms with Gasteiger partial charge in [-0.25, -0.2) is 4.39 Å². The predicted octanol–water partition coefficient (Wildman–Crippen LogP) is 4.71. The number of rotatable bonds is 4. The highest BCUT2D eigenvalue weighted by Gasteiger charge is 2.32. The summed E-state index contributed by atoms with van der Waals surface area (Å²) in [6.07, 6.45) is 4.00. The van der Waals surface area contributed by atoms with Crippen LogP contribution in [0.4, 0.5) is 4.39 Å². The molecule has 2 aromatic carbocycles. The van der Waals surface area contributed by atoms with Gasteiger partial charge in [0.05, 0.1) is 0 Å². The van der Waals surface area contributed by atoms with E-state index < -0.39 is 6.04 Å². The highest BCUT2D eigenvalue weighted by atomic mass is 35.5. The lowest BCUT2D eigenvalue weighted by atomic mass is 9.77. The summed E-state index contributed by atoms with van der Waals surface area (Å²) in [6.45, 7) is 1.96. The molecule has 3 rings (SSSR count). The van der Waals surface area contributed by atoms with Crippen molar-refractivity contribution in [2.24, 2.45) is 17.6 Å². The number of cyclic esters (lactones) is 1. The SMILES string of the molecule is C[C@@H]1OC(=O)[C@@H](N)CCC[C@H](Cc2ccccc2)[C@H]1Cc1ccc(F)cc1.Cl. The summed E-state index contributed by atoms with van der Waals surface area (Å²) in [4.78, 5) is 12.2. The molecule has 0 radical (unpaired) electrons. The predicted molar refractivity (Wildman–Crippen MR) is 112 cm³/mol. The fraction of sp³-hybridized carbons (Fsp3) is 0.435. The highest BCUT2D eigenvalue weighted by Crippen LogP contribution is 2.32. The van der Waals surface area contributed by atoms with Gasteiger partial charge in [0.15, 0.2) is 0 Å². The summed E-state index contributed by atoms with van der Waals surface area (Å²) >= 11 is 0. The van der Waals surface area contributed by atoms with Crippen molar-refractivity contribution >= 4 is 18.4 Å². The van der Waals surface area contributed by atoms with E-state index in [0.29, 0.717) is 12.3 Å². The molecule has 0 spiro atoms. The zero-order chi connectivity index (χ0) is 19.2. The number of ether oxygens (including phenoxy) is 1. The van der Waals surface area contributed by atoms with Crippen LogP contribution in [0.15, 0.2) is 54.6 Å². The molecule has 1 aliphatic heterocycles. The van der Waals surface area contributed by atoms with Crippen LogP contribution in [0, 0.1) is 17.7 Å². The Kier molecular flexibility index (Phi) is 8.46. The first kappa shape index (κ1) is 22.4. The summed E-state index contributed by atoms with van der Waals surface area (Å²) in [5.74, 6) is -0.0260. The van der Waals surface area contributed by atoms with Crippen LogP contribution in [0.3, 0.4) is 0 Å². The van der Waals surface area contributed by atoms with Gasteiger partial charge in [0.25, 0.3) is 0 Å². The van der Waals surface area contributed by atoms with E-state index in [1.54, 1.807) is 0 Å². The Morgan fingerprint density at radius 1 is 1.00 bits per heavy atom. The summed E-state index contributed by atoms with van der Waals surface area (Å²) < 4.78 is 19.0. The maximum Gasteiger partial charge on any atom is 0.323 e. The Morgan fingerprint density at radius 2 is 1.64 bits per heavy atom. The van der Waals surface area contributed by atoms with Crippen molar-refractivity contribution in [3.05, 3.63) is 71.5 Å². The van der Waals surface area contributed by atoms with Crippen molar-refractivity contribution in [1.82, 2.24) is 0 Å². The van der Waals surface area contributed by atoms with Crippen molar-refractivity contribution in [3.8, 4) is 0 Å². The number of carbonyl (C=O) groups is 1. The first-order valence-corrected chi connectivity index (χ1v) is 9.77. The number of benzene rings is 2. The van der Waals surface area contributed by atoms with Gasteiger partial charge in [0.1, 0.15) is 18.0 Å². The van der Waals surface area contributed by atoms with Crippen molar-refractivity contribution in [2.45, 2.75) is 51.2 Å². The quantitative estimate of drug-likeness (QED) is 0.749. The average Bonchev–Trinajstić information content (AvgIpc) is 2.71. The van der Waals surface area contributed by atoms with Gasteiger partial charge in [-0.1, -0.05) is 48.9 Å². The van der Waals surface area contributed by atoms with Crippen LogP contribution in [0.2, 0.25) is 0 Å². The highest BCUT2D eigenvalue weighted by molar-refractivity contribution is 5.85. The summed E-state index contributed by atoms with van der Waals surface area (Å²) in [6, 6.07) is 16.5. The Balaban J connectivity index is 0.00000280. The van der Waals surface area contributed by atoms with E-state index in [9.17, 15) is 9.18 Å². The molecule has 3 nitrogen and oxygen atoms in total. The molecule has 0 bridgehead atoms. The van der Waals surface area contributed by atoms with E-state index in [1.165, 1.54) is 17.7 Å². The van der Waals surface area contributed by atoms with E-state index >= 15 is 0 Å². The topological polar surface area (TPSA) is 52.3 Å². The fourth-order valence-corrected chi connectivity index (χ4v) is 4.07. The van der Waals surface area contributed by atoms with E-state index in [2.05, 4.69) is 24.3 Å². The Hall–Kier alpha value is -1.91. The molecule has 1 aliphatic rings. The summed E-state index contributed by atoms with van der Waals surface area (Å²) in [7, 11) is 0. The van der Waals surface area contributed by atoms with E-state index in [0.717, 1.165) is 31.2 Å². The van der Waals surface area contributed by atoms with Crippen molar-refractivity contribution in [3.63, 3.8) is 0 Å². The third-order valence-corrected chi connectivity index (χ3v) is 5.63. The van der Waals surface area contributed by atoms with Gasteiger partial charge in [0, 0.05) is 5.92 Å². The van der Waals surface area contributed by atoms with Crippen LogP contribution in [-0.2, 0) is 22.4 Å². The van der Waals surface area contributed by atoms with Crippen molar-refractivity contribution in [2.75, 3.05) is 0 Å². The van der Waals surface area contributed by atoms with Crippen LogP contribution in [0.1, 0.15) is 37.3 Å². The molecule has 4 atom stereocenters. The molecular formula is C23H29ClFNO2. The van der Waals surface area contributed by atoms with E-state index in [-0.39, 0.29) is 36.2 Å². The third kappa shape index (κ3) is 6.05. The first-order valence-electron chi connectivity index (χ1n) is 9.77. The molecular weight excluding hydrogens is 377 g/mol. The maximum atomic E-state index is 13.3. The van der Waals surface area contributed by atoms with Crippen LogP contribution in [-0.4, -0.2) is 18.1 Å². The number of hydrogen-bond donors (Lipinski definition) is 1. The molecule has 0 saturated carbocycles. The summed E-state index contributed by atoms with van der Waals surface area (Å²) in [5.41, 5.74) is 8.32. The second kappa shape index (κ2) is 10.6. The molecule has 0 amide bonds. The molecule has 1 heterocycles. The minimum atomic E-state index is -0.547. The zero-order valence-electron chi connectivity index (χ0n) is 16.2. The second-order valence-electron chi connectivity index (χ2n) is 7.62. The van der Waals surface area contributed by atoms with Crippen LogP contribution < -0.4 is 5.73 Å². The zero-order valence-corrected chi connectivity index (χ0v) is 17.0. The largest absolute Gasteiger partial charge is 0.461 e. The van der Waals surface area contributed by atoms with Gasteiger partial charge in [-0.2, -0.15) is 0 Å². The second-order valence-corrected chi connectivity index (χ2v) is 7.62.